The van der Waals surface area contributed by atoms with Crippen molar-refractivity contribution in [2.75, 3.05) is 6.54 Å². The first-order valence-corrected chi connectivity index (χ1v) is 7.81. The van der Waals surface area contributed by atoms with E-state index >= 15 is 0 Å². The van der Waals surface area contributed by atoms with Crippen molar-refractivity contribution in [1.82, 2.24) is 15.5 Å². The molecule has 0 aromatic carbocycles. The Bertz CT molecular complexity index is 497. The lowest BCUT2D eigenvalue weighted by Gasteiger charge is -2.27. The highest BCUT2D eigenvalue weighted by Gasteiger charge is 2.25. The molecule has 0 amide bonds. The summed E-state index contributed by atoms with van der Waals surface area (Å²) >= 11 is 3.84. The van der Waals surface area contributed by atoms with Gasteiger partial charge in [-0.15, -0.1) is 23.1 Å². The Morgan fingerprint density at radius 3 is 3.33 bits per heavy atom. The largest absolute Gasteiger partial charge is 0.343 e. The Hall–Kier alpha value is -0.850. The third-order valence-electron chi connectivity index (χ3n) is 3.06. The topological polar surface area (TPSA) is 51.0 Å². The van der Waals surface area contributed by atoms with Crippen LogP contribution in [-0.2, 0) is 6.42 Å². The average Bonchev–Trinajstić information content (AvgIpc) is 2.98. The van der Waals surface area contributed by atoms with E-state index in [0.29, 0.717) is 11.3 Å². The molecular formula is C12H15N3OS2. The van der Waals surface area contributed by atoms with Crippen molar-refractivity contribution in [1.29, 1.82) is 0 Å². The fourth-order valence-corrected chi connectivity index (χ4v) is 4.77. The zero-order valence-electron chi connectivity index (χ0n) is 10.1. The lowest BCUT2D eigenvalue weighted by atomic mass is 10.0. The van der Waals surface area contributed by atoms with E-state index in [2.05, 4.69) is 33.8 Å². The van der Waals surface area contributed by atoms with Crippen molar-refractivity contribution in [3.05, 3.63) is 29.2 Å². The maximum Gasteiger partial charge on any atom is 0.213 e. The number of aromatic nitrogens is 2. The molecule has 96 valence electrons. The van der Waals surface area contributed by atoms with Gasteiger partial charge in [0.1, 0.15) is 0 Å². The third kappa shape index (κ3) is 2.60. The summed E-state index contributed by atoms with van der Waals surface area (Å²) in [7, 11) is 0. The highest BCUT2D eigenvalue weighted by atomic mass is 32.2. The van der Waals surface area contributed by atoms with Gasteiger partial charge < -0.3 is 9.84 Å². The van der Waals surface area contributed by atoms with Gasteiger partial charge in [0.15, 0.2) is 5.82 Å². The van der Waals surface area contributed by atoms with Crippen LogP contribution in [0.1, 0.15) is 30.8 Å². The predicted octanol–water partition coefficient (Wildman–Crippen LogP) is 2.89. The molecule has 3 rings (SSSR count). The molecule has 0 bridgehead atoms. The number of nitrogens with zero attached hydrogens (tertiary/aromatic N) is 2. The summed E-state index contributed by atoms with van der Waals surface area (Å²) in [6.45, 7) is 3.18. The van der Waals surface area contributed by atoms with Crippen molar-refractivity contribution in [2.45, 2.75) is 35.3 Å². The molecule has 6 heteroatoms. The Labute approximate surface area is 114 Å². The van der Waals surface area contributed by atoms with Crippen LogP contribution in [0.25, 0.3) is 0 Å². The van der Waals surface area contributed by atoms with E-state index in [1.165, 1.54) is 22.6 Å². The molecule has 0 aliphatic carbocycles. The monoisotopic (exact) mass is 281 g/mol. The quantitative estimate of drug-likeness (QED) is 0.934. The van der Waals surface area contributed by atoms with Crippen LogP contribution in [0.5, 0.6) is 0 Å². The normalized spacial score (nSPS) is 22.9. The number of hydrogen-bond acceptors (Lipinski definition) is 6. The van der Waals surface area contributed by atoms with Crippen molar-refractivity contribution in [3.8, 4) is 0 Å². The van der Waals surface area contributed by atoms with Gasteiger partial charge in [0.2, 0.25) is 6.39 Å². The minimum atomic E-state index is 0.467. The van der Waals surface area contributed by atoms with Gasteiger partial charge >= 0.3 is 0 Å². The molecule has 3 heterocycles. The standard InChI is InChI=1S/C12H15N3OS2/c1-8-6-10(9-3-5-17-12(9)18-8)13-4-2-11-14-7-16-15-11/h3,5,7-8,10,13H,2,4,6H2,1H3/t8-,10?/m0/s1. The molecule has 2 aromatic heterocycles. The molecule has 18 heavy (non-hydrogen) atoms. The van der Waals surface area contributed by atoms with E-state index in [1.807, 2.05) is 23.1 Å². The summed E-state index contributed by atoms with van der Waals surface area (Å²) < 4.78 is 6.19. The van der Waals surface area contributed by atoms with E-state index in [9.17, 15) is 0 Å². The van der Waals surface area contributed by atoms with Crippen LogP contribution in [0.4, 0.5) is 0 Å². The Kier molecular flexibility index (Phi) is 3.67. The van der Waals surface area contributed by atoms with Gasteiger partial charge in [-0.3, -0.25) is 0 Å². The maximum atomic E-state index is 4.73. The van der Waals surface area contributed by atoms with E-state index < -0.39 is 0 Å². The fraction of sp³-hybridized carbons (Fsp3) is 0.500. The predicted molar refractivity (Wildman–Crippen MR) is 73.0 cm³/mol. The molecule has 0 saturated carbocycles. The van der Waals surface area contributed by atoms with Crippen LogP contribution in [-0.4, -0.2) is 21.9 Å². The highest BCUT2D eigenvalue weighted by molar-refractivity contribution is 8.01. The Balaban J connectivity index is 1.60. The molecular weight excluding hydrogens is 266 g/mol. The molecule has 2 aromatic rings. The van der Waals surface area contributed by atoms with Crippen molar-refractivity contribution in [2.24, 2.45) is 0 Å². The van der Waals surface area contributed by atoms with Crippen molar-refractivity contribution >= 4 is 23.1 Å². The molecule has 0 spiro atoms. The molecule has 1 N–H and O–H groups in total. The second-order valence-electron chi connectivity index (χ2n) is 4.43. The van der Waals surface area contributed by atoms with E-state index in [0.717, 1.165) is 18.8 Å². The smallest absolute Gasteiger partial charge is 0.213 e. The molecule has 1 unspecified atom stereocenters. The number of rotatable bonds is 4. The van der Waals surface area contributed by atoms with Crippen LogP contribution in [0.3, 0.4) is 0 Å². The first-order chi connectivity index (χ1) is 8.83. The van der Waals surface area contributed by atoms with Crippen LogP contribution in [0.15, 0.2) is 26.6 Å². The number of thiophene rings is 1. The summed E-state index contributed by atoms with van der Waals surface area (Å²) in [5.74, 6) is 0.770. The van der Waals surface area contributed by atoms with E-state index in [4.69, 9.17) is 4.52 Å². The summed E-state index contributed by atoms with van der Waals surface area (Å²) in [4.78, 5) is 4.03. The first-order valence-electron chi connectivity index (χ1n) is 6.05. The third-order valence-corrected chi connectivity index (χ3v) is 5.40. The van der Waals surface area contributed by atoms with Crippen LogP contribution >= 0.6 is 23.1 Å². The van der Waals surface area contributed by atoms with Gasteiger partial charge in [0, 0.05) is 24.3 Å². The summed E-state index contributed by atoms with van der Waals surface area (Å²) in [6.07, 6.45) is 3.38. The van der Waals surface area contributed by atoms with Crippen LogP contribution in [0.2, 0.25) is 0 Å². The zero-order chi connectivity index (χ0) is 12.4. The molecule has 0 fully saturated rings. The number of hydrogen-bond donors (Lipinski definition) is 1. The zero-order valence-corrected chi connectivity index (χ0v) is 11.8. The highest BCUT2D eigenvalue weighted by Crippen LogP contribution is 2.43. The van der Waals surface area contributed by atoms with Crippen LogP contribution in [0, 0.1) is 0 Å². The minimum absolute atomic E-state index is 0.467. The van der Waals surface area contributed by atoms with Crippen molar-refractivity contribution in [3.63, 3.8) is 0 Å². The average molecular weight is 281 g/mol. The molecule has 1 aliphatic rings. The van der Waals surface area contributed by atoms with E-state index in [-0.39, 0.29) is 0 Å². The summed E-state index contributed by atoms with van der Waals surface area (Å²) in [5.41, 5.74) is 1.45. The van der Waals surface area contributed by atoms with Gasteiger partial charge in [0.25, 0.3) is 0 Å². The second kappa shape index (κ2) is 5.42. The minimum Gasteiger partial charge on any atom is -0.343 e. The molecule has 1 aliphatic heterocycles. The molecule has 0 saturated heterocycles. The SMILES string of the molecule is C[C@H]1CC(NCCc2ncon2)c2ccsc2S1. The number of thioether (sulfide) groups is 1. The van der Waals surface area contributed by atoms with E-state index in [1.54, 1.807) is 0 Å². The fourth-order valence-electron chi connectivity index (χ4n) is 2.20. The molecule has 4 nitrogen and oxygen atoms in total. The second-order valence-corrected chi connectivity index (χ2v) is 7.05. The summed E-state index contributed by atoms with van der Waals surface area (Å²) in [5, 5.41) is 10.3. The van der Waals surface area contributed by atoms with Crippen molar-refractivity contribution < 1.29 is 4.52 Å². The lowest BCUT2D eigenvalue weighted by molar-refractivity contribution is 0.407. The van der Waals surface area contributed by atoms with Gasteiger partial charge in [-0.2, -0.15) is 4.98 Å². The van der Waals surface area contributed by atoms with Gasteiger partial charge in [-0.25, -0.2) is 0 Å². The summed E-state index contributed by atoms with van der Waals surface area (Å²) in [6, 6.07) is 2.71. The van der Waals surface area contributed by atoms with Gasteiger partial charge in [-0.1, -0.05) is 12.1 Å². The number of fused-ring (bicyclic) bond motifs is 1. The van der Waals surface area contributed by atoms with Gasteiger partial charge in [0.05, 0.1) is 4.21 Å². The Morgan fingerprint density at radius 2 is 2.50 bits per heavy atom. The Morgan fingerprint density at radius 1 is 1.56 bits per heavy atom. The molecule has 2 atom stereocenters. The number of nitrogens with one attached hydrogen (secondary N) is 1. The first kappa shape index (κ1) is 12.2. The van der Waals surface area contributed by atoms with Gasteiger partial charge in [-0.05, 0) is 23.4 Å². The lowest BCUT2D eigenvalue weighted by Crippen LogP contribution is -2.28. The maximum absolute atomic E-state index is 4.73. The van der Waals surface area contributed by atoms with Crippen LogP contribution < -0.4 is 5.32 Å². The molecule has 0 radical (unpaired) electrons.